The van der Waals surface area contributed by atoms with Crippen LogP contribution < -0.4 is 19.9 Å². The number of hydrogen-bond donors (Lipinski definition) is 1. The predicted molar refractivity (Wildman–Crippen MR) is 146 cm³/mol. The molecule has 0 atom stereocenters. The zero-order chi connectivity index (χ0) is 25.6. The highest BCUT2D eigenvalue weighted by Gasteiger charge is 2.23. The highest BCUT2D eigenvalue weighted by Crippen LogP contribution is 2.26. The summed E-state index contributed by atoms with van der Waals surface area (Å²) >= 11 is 0. The first-order valence-corrected chi connectivity index (χ1v) is 12.9. The van der Waals surface area contributed by atoms with Crippen LogP contribution in [0.1, 0.15) is 29.5 Å². The fraction of sp³-hybridized carbons (Fsp3) is 0.333. The number of hydrogen-bond acceptors (Lipinski definition) is 5. The van der Waals surface area contributed by atoms with E-state index >= 15 is 0 Å². The molecule has 0 spiro atoms. The van der Waals surface area contributed by atoms with E-state index in [9.17, 15) is 9.59 Å². The van der Waals surface area contributed by atoms with Crippen LogP contribution in [0.3, 0.4) is 0 Å². The molecule has 5 rings (SSSR count). The lowest BCUT2D eigenvalue weighted by atomic mass is 10.1. The molecule has 0 radical (unpaired) electrons. The van der Waals surface area contributed by atoms with Crippen LogP contribution in [0.5, 0.6) is 5.75 Å². The van der Waals surface area contributed by atoms with Gasteiger partial charge < -0.3 is 24.8 Å². The molecule has 0 aromatic heterocycles. The summed E-state index contributed by atoms with van der Waals surface area (Å²) in [6.45, 7) is 4.26. The summed E-state index contributed by atoms with van der Waals surface area (Å²) in [5, 5.41) is 2.61. The number of benzene rings is 3. The Kier molecular flexibility index (Phi) is 7.59. The largest absolute Gasteiger partial charge is 0.497 e. The van der Waals surface area contributed by atoms with Gasteiger partial charge in [0, 0.05) is 44.1 Å². The summed E-state index contributed by atoms with van der Waals surface area (Å²) in [4.78, 5) is 30.6. The Morgan fingerprint density at radius 2 is 1.57 bits per heavy atom. The second-order valence-corrected chi connectivity index (χ2v) is 9.77. The highest BCUT2D eigenvalue weighted by atomic mass is 16.5. The summed E-state index contributed by atoms with van der Waals surface area (Å²) < 4.78 is 5.46. The Bertz CT molecular complexity index is 1250. The lowest BCUT2D eigenvalue weighted by molar-refractivity contribution is -0.141. The number of anilines is 2. The summed E-state index contributed by atoms with van der Waals surface area (Å²) in [5.74, 6) is 0.661. The SMILES string of the molecule is COc1cccc(CN(Cc2cccc(N3CCCC3)c2)c2cccc(CN3CC(=O)NCC3=O)c2)c1. The van der Waals surface area contributed by atoms with Crippen LogP contribution in [0.4, 0.5) is 11.4 Å². The highest BCUT2D eigenvalue weighted by molar-refractivity contribution is 5.92. The molecule has 2 saturated heterocycles. The smallest absolute Gasteiger partial charge is 0.242 e. The fourth-order valence-electron chi connectivity index (χ4n) is 5.10. The van der Waals surface area contributed by atoms with E-state index in [1.165, 1.54) is 24.1 Å². The number of piperazine rings is 1. The number of amides is 2. The van der Waals surface area contributed by atoms with E-state index in [-0.39, 0.29) is 24.9 Å². The fourth-order valence-corrected chi connectivity index (χ4v) is 5.10. The Morgan fingerprint density at radius 3 is 2.35 bits per heavy atom. The normalized spacial score (nSPS) is 15.6. The number of rotatable bonds is 9. The van der Waals surface area contributed by atoms with Gasteiger partial charge in [0.2, 0.25) is 11.8 Å². The molecule has 3 aromatic carbocycles. The van der Waals surface area contributed by atoms with Gasteiger partial charge in [-0.15, -0.1) is 0 Å². The number of methoxy groups -OCH3 is 1. The van der Waals surface area contributed by atoms with Crippen molar-refractivity contribution in [3.05, 3.63) is 89.5 Å². The Hall–Kier alpha value is -4.00. The maximum Gasteiger partial charge on any atom is 0.242 e. The minimum Gasteiger partial charge on any atom is -0.497 e. The summed E-state index contributed by atoms with van der Waals surface area (Å²) in [7, 11) is 1.69. The van der Waals surface area contributed by atoms with Crippen LogP contribution in [0.15, 0.2) is 72.8 Å². The second-order valence-electron chi connectivity index (χ2n) is 9.77. The van der Waals surface area contributed by atoms with Crippen LogP contribution >= 0.6 is 0 Å². The molecule has 0 unspecified atom stereocenters. The van der Waals surface area contributed by atoms with Gasteiger partial charge in [0.15, 0.2) is 0 Å². The van der Waals surface area contributed by atoms with E-state index in [0.717, 1.165) is 42.2 Å². The average molecular weight is 499 g/mol. The first-order valence-electron chi connectivity index (χ1n) is 12.9. The van der Waals surface area contributed by atoms with Crippen LogP contribution in [0, 0.1) is 0 Å². The van der Waals surface area contributed by atoms with Crippen molar-refractivity contribution in [3.63, 3.8) is 0 Å². The molecule has 3 aromatic rings. The van der Waals surface area contributed by atoms with Crippen LogP contribution in [0.25, 0.3) is 0 Å². The number of carbonyl (C=O) groups excluding carboxylic acids is 2. The zero-order valence-corrected chi connectivity index (χ0v) is 21.4. The third kappa shape index (κ3) is 6.23. The average Bonchev–Trinajstić information content (AvgIpc) is 3.46. The van der Waals surface area contributed by atoms with Gasteiger partial charge in [-0.25, -0.2) is 0 Å². The van der Waals surface area contributed by atoms with Gasteiger partial charge in [0.05, 0.1) is 20.2 Å². The predicted octanol–water partition coefficient (Wildman–Crippen LogP) is 3.96. The van der Waals surface area contributed by atoms with Crippen molar-refractivity contribution in [2.45, 2.75) is 32.5 Å². The molecule has 192 valence electrons. The lowest BCUT2D eigenvalue weighted by Crippen LogP contribution is -2.51. The molecule has 2 aliphatic rings. The summed E-state index contributed by atoms with van der Waals surface area (Å²) in [6.07, 6.45) is 2.50. The lowest BCUT2D eigenvalue weighted by Gasteiger charge is -2.29. The monoisotopic (exact) mass is 498 g/mol. The van der Waals surface area contributed by atoms with E-state index in [2.05, 4.69) is 63.6 Å². The second kappa shape index (κ2) is 11.4. The Morgan fingerprint density at radius 1 is 0.865 bits per heavy atom. The number of nitrogens with one attached hydrogen (secondary N) is 1. The maximum absolute atomic E-state index is 12.3. The van der Waals surface area contributed by atoms with Gasteiger partial charge in [-0.2, -0.15) is 0 Å². The van der Waals surface area contributed by atoms with Crippen molar-refractivity contribution >= 4 is 23.2 Å². The molecule has 0 aliphatic carbocycles. The van der Waals surface area contributed by atoms with Crippen LogP contribution in [0.2, 0.25) is 0 Å². The van der Waals surface area contributed by atoms with Crippen LogP contribution in [-0.2, 0) is 29.2 Å². The third-order valence-corrected chi connectivity index (χ3v) is 7.04. The number of ether oxygens (including phenoxy) is 1. The van der Waals surface area contributed by atoms with E-state index in [0.29, 0.717) is 13.1 Å². The van der Waals surface area contributed by atoms with E-state index < -0.39 is 0 Å². The van der Waals surface area contributed by atoms with Crippen LogP contribution in [-0.4, -0.2) is 50.0 Å². The molecular formula is C30H34N4O3. The molecule has 2 aliphatic heterocycles. The molecule has 37 heavy (non-hydrogen) atoms. The minimum atomic E-state index is -0.117. The molecule has 2 fully saturated rings. The van der Waals surface area contributed by atoms with E-state index in [1.54, 1.807) is 12.0 Å². The van der Waals surface area contributed by atoms with Gasteiger partial charge in [-0.05, 0) is 65.9 Å². The third-order valence-electron chi connectivity index (χ3n) is 7.04. The molecule has 0 saturated carbocycles. The molecule has 2 amide bonds. The van der Waals surface area contributed by atoms with Crippen molar-refractivity contribution < 1.29 is 14.3 Å². The van der Waals surface area contributed by atoms with Gasteiger partial charge in [0.1, 0.15) is 5.75 Å². The Labute approximate surface area is 218 Å². The van der Waals surface area contributed by atoms with Crippen molar-refractivity contribution in [1.82, 2.24) is 10.2 Å². The standard InChI is InChI=1S/C30H34N4O3/c1-37-28-12-6-9-25(17-28)20-33(19-23-7-4-10-26(15-23)32-13-2-3-14-32)27-11-5-8-24(16-27)21-34-22-29(35)31-18-30(34)36/h4-12,15-17H,2-3,13-14,18-22H2,1H3,(H,31,35). The van der Waals surface area contributed by atoms with Gasteiger partial charge in [-0.3, -0.25) is 9.59 Å². The molecule has 1 N–H and O–H groups in total. The van der Waals surface area contributed by atoms with Crippen molar-refractivity contribution in [2.24, 2.45) is 0 Å². The quantitative estimate of drug-likeness (QED) is 0.484. The van der Waals surface area contributed by atoms with E-state index in [4.69, 9.17) is 4.74 Å². The molecule has 2 heterocycles. The summed E-state index contributed by atoms with van der Waals surface area (Å²) in [6, 6.07) is 25.3. The first-order chi connectivity index (χ1) is 18.1. The maximum atomic E-state index is 12.3. The molecular weight excluding hydrogens is 464 g/mol. The molecule has 7 nitrogen and oxygen atoms in total. The van der Waals surface area contributed by atoms with Crippen molar-refractivity contribution in [2.75, 3.05) is 43.1 Å². The van der Waals surface area contributed by atoms with Crippen molar-refractivity contribution in [1.29, 1.82) is 0 Å². The van der Waals surface area contributed by atoms with Gasteiger partial charge >= 0.3 is 0 Å². The Balaban J connectivity index is 1.41. The number of nitrogens with zero attached hydrogens (tertiary/aromatic N) is 3. The van der Waals surface area contributed by atoms with Gasteiger partial charge in [-0.1, -0.05) is 36.4 Å². The molecule has 0 bridgehead atoms. The zero-order valence-electron chi connectivity index (χ0n) is 21.4. The number of carbonyl (C=O) groups is 2. The topological polar surface area (TPSA) is 65.1 Å². The van der Waals surface area contributed by atoms with E-state index in [1.807, 2.05) is 24.3 Å². The summed E-state index contributed by atoms with van der Waals surface area (Å²) in [5.41, 5.74) is 5.76. The first kappa shape index (κ1) is 24.7. The minimum absolute atomic E-state index is 0.0584. The molecule has 7 heteroatoms. The van der Waals surface area contributed by atoms with Crippen molar-refractivity contribution in [3.8, 4) is 5.75 Å². The van der Waals surface area contributed by atoms with Gasteiger partial charge in [0.25, 0.3) is 0 Å².